The highest BCUT2D eigenvalue weighted by atomic mass is 32.2. The van der Waals surface area contributed by atoms with Gasteiger partial charge < -0.3 is 0 Å². The van der Waals surface area contributed by atoms with Gasteiger partial charge in [-0.25, -0.2) is 22.2 Å². The van der Waals surface area contributed by atoms with E-state index < -0.39 is 21.7 Å². The van der Waals surface area contributed by atoms with Gasteiger partial charge in [-0.05, 0) is 55.0 Å². The molecule has 2 aromatic heterocycles. The van der Waals surface area contributed by atoms with Crippen LogP contribution in [0, 0.1) is 11.6 Å². The Hall–Kier alpha value is -4.12. The normalized spacial score (nSPS) is 11.7. The van der Waals surface area contributed by atoms with Crippen LogP contribution in [0.2, 0.25) is 0 Å². The quantitative estimate of drug-likeness (QED) is 0.372. The van der Waals surface area contributed by atoms with Crippen molar-refractivity contribution in [3.8, 4) is 28.1 Å². The molecule has 0 radical (unpaired) electrons. The standard InChI is InChI=1S/C23H18F2N6O2S/c1-2-34(32,33)29-17-7-15(19-5-4-16(24)10-20(19)25)8-18(11-17)31-13-26-21-9-14(3-6-23(21)31)22-12-27-30-28-22/h3-13,29H,2H2,1H3,(H,27,28,30). The summed E-state index contributed by atoms with van der Waals surface area (Å²) in [5.41, 5.74) is 4.23. The number of halogens is 2. The lowest BCUT2D eigenvalue weighted by molar-refractivity contribution is 0.585. The fraction of sp³-hybridized carbons (Fsp3) is 0.0870. The molecule has 8 nitrogen and oxygen atoms in total. The van der Waals surface area contributed by atoms with Crippen molar-refractivity contribution in [3.63, 3.8) is 0 Å². The molecular weight excluding hydrogens is 462 g/mol. The minimum atomic E-state index is -3.59. The summed E-state index contributed by atoms with van der Waals surface area (Å²) in [7, 11) is -3.59. The van der Waals surface area contributed by atoms with Gasteiger partial charge in [-0.3, -0.25) is 9.29 Å². The maximum absolute atomic E-state index is 14.6. The minimum Gasteiger partial charge on any atom is -0.299 e. The molecule has 0 spiro atoms. The summed E-state index contributed by atoms with van der Waals surface area (Å²) in [5.74, 6) is -1.59. The molecule has 5 aromatic rings. The van der Waals surface area contributed by atoms with Crippen molar-refractivity contribution in [2.45, 2.75) is 6.92 Å². The number of aromatic amines is 1. The van der Waals surface area contributed by atoms with Crippen LogP contribution in [0.5, 0.6) is 0 Å². The fourth-order valence-electron chi connectivity index (χ4n) is 3.66. The fourth-order valence-corrected chi connectivity index (χ4v) is 4.28. The third-order valence-electron chi connectivity index (χ3n) is 5.35. The first-order chi connectivity index (χ1) is 16.3. The van der Waals surface area contributed by atoms with Crippen LogP contribution < -0.4 is 4.72 Å². The molecule has 0 saturated heterocycles. The number of imidazole rings is 1. The molecule has 3 aromatic carbocycles. The van der Waals surface area contributed by atoms with Crippen LogP contribution in [0.25, 0.3) is 39.1 Å². The van der Waals surface area contributed by atoms with Crippen LogP contribution in [0.15, 0.2) is 67.1 Å². The molecule has 2 heterocycles. The van der Waals surface area contributed by atoms with Gasteiger partial charge in [0.2, 0.25) is 10.0 Å². The van der Waals surface area contributed by atoms with E-state index in [0.717, 1.165) is 23.2 Å². The predicted molar refractivity (Wildman–Crippen MR) is 125 cm³/mol. The lowest BCUT2D eigenvalue weighted by Gasteiger charge is -2.14. The summed E-state index contributed by atoms with van der Waals surface area (Å²) in [5, 5.41) is 10.5. The number of aromatic nitrogens is 5. The number of sulfonamides is 1. The summed E-state index contributed by atoms with van der Waals surface area (Å²) in [6.45, 7) is 1.52. The minimum absolute atomic E-state index is 0.129. The summed E-state index contributed by atoms with van der Waals surface area (Å²) in [4.78, 5) is 4.46. The third-order valence-corrected chi connectivity index (χ3v) is 6.66. The number of benzene rings is 3. The molecule has 0 bridgehead atoms. The average Bonchev–Trinajstić information content (AvgIpc) is 3.48. The Labute approximate surface area is 193 Å². The molecule has 0 aliphatic rings. The molecule has 0 amide bonds. The van der Waals surface area contributed by atoms with Crippen LogP contribution in [0.3, 0.4) is 0 Å². The molecular formula is C23H18F2N6O2S. The first kappa shape index (κ1) is 21.7. The van der Waals surface area contributed by atoms with E-state index in [1.54, 1.807) is 29.2 Å². The monoisotopic (exact) mass is 480 g/mol. The number of rotatable bonds is 6. The Balaban J connectivity index is 1.66. The summed E-state index contributed by atoms with van der Waals surface area (Å²) in [6.07, 6.45) is 3.19. The van der Waals surface area contributed by atoms with Crippen molar-refractivity contribution in [1.29, 1.82) is 0 Å². The van der Waals surface area contributed by atoms with Gasteiger partial charge in [-0.2, -0.15) is 15.4 Å². The zero-order valence-electron chi connectivity index (χ0n) is 17.8. The van der Waals surface area contributed by atoms with Gasteiger partial charge in [0, 0.05) is 22.9 Å². The van der Waals surface area contributed by atoms with Crippen LogP contribution in [-0.4, -0.2) is 39.1 Å². The zero-order chi connectivity index (χ0) is 23.9. The molecule has 0 fully saturated rings. The van der Waals surface area contributed by atoms with Gasteiger partial charge in [-0.15, -0.1) is 0 Å². The molecule has 2 N–H and O–H groups in total. The van der Waals surface area contributed by atoms with Crippen LogP contribution in [-0.2, 0) is 10.0 Å². The van der Waals surface area contributed by atoms with Crippen LogP contribution in [0.4, 0.5) is 14.5 Å². The second-order valence-electron chi connectivity index (χ2n) is 7.57. The maximum atomic E-state index is 14.6. The number of H-pyrrole nitrogens is 1. The molecule has 0 unspecified atom stereocenters. The smallest absolute Gasteiger partial charge is 0.232 e. The Bertz CT molecular complexity index is 1610. The van der Waals surface area contributed by atoms with Crippen LogP contribution in [0.1, 0.15) is 6.92 Å². The Morgan fingerprint density at radius 2 is 1.88 bits per heavy atom. The van der Waals surface area contributed by atoms with Gasteiger partial charge in [0.25, 0.3) is 0 Å². The lowest BCUT2D eigenvalue weighted by atomic mass is 10.0. The van der Waals surface area contributed by atoms with E-state index in [1.807, 2.05) is 18.2 Å². The van der Waals surface area contributed by atoms with Crippen LogP contribution >= 0.6 is 0 Å². The van der Waals surface area contributed by atoms with Gasteiger partial charge in [-0.1, -0.05) is 6.07 Å². The highest BCUT2D eigenvalue weighted by molar-refractivity contribution is 7.92. The first-order valence-electron chi connectivity index (χ1n) is 10.3. The lowest BCUT2D eigenvalue weighted by Crippen LogP contribution is -2.15. The van der Waals surface area contributed by atoms with Crippen molar-refractivity contribution in [1.82, 2.24) is 25.0 Å². The Morgan fingerprint density at radius 1 is 1.03 bits per heavy atom. The highest BCUT2D eigenvalue weighted by Crippen LogP contribution is 2.31. The topological polar surface area (TPSA) is 106 Å². The molecule has 5 rings (SSSR count). The van der Waals surface area contributed by atoms with Crippen molar-refractivity contribution in [2.24, 2.45) is 0 Å². The average molecular weight is 481 g/mol. The number of anilines is 1. The Morgan fingerprint density at radius 3 is 2.62 bits per heavy atom. The largest absolute Gasteiger partial charge is 0.299 e. The van der Waals surface area contributed by atoms with Gasteiger partial charge in [0.15, 0.2) is 0 Å². The molecule has 34 heavy (non-hydrogen) atoms. The second kappa shape index (κ2) is 8.34. The summed E-state index contributed by atoms with van der Waals surface area (Å²) < 4.78 is 56.7. The molecule has 172 valence electrons. The summed E-state index contributed by atoms with van der Waals surface area (Å²) >= 11 is 0. The van der Waals surface area contributed by atoms with E-state index in [-0.39, 0.29) is 17.0 Å². The SMILES string of the molecule is CCS(=O)(=O)Nc1cc(-c2ccc(F)cc2F)cc(-n2cnc3cc(-c4cn[nH]n4)ccc32)c1. The molecule has 0 atom stereocenters. The van der Waals surface area contributed by atoms with Crippen molar-refractivity contribution < 1.29 is 17.2 Å². The molecule has 0 saturated carbocycles. The predicted octanol–water partition coefficient (Wildman–Crippen LogP) is 4.52. The van der Waals surface area contributed by atoms with Gasteiger partial charge in [0.05, 0.1) is 28.7 Å². The molecule has 0 aliphatic carbocycles. The Kier molecular flexibility index (Phi) is 5.33. The van der Waals surface area contributed by atoms with E-state index in [1.165, 1.54) is 19.1 Å². The number of hydrogen-bond donors (Lipinski definition) is 2. The summed E-state index contributed by atoms with van der Waals surface area (Å²) in [6, 6.07) is 13.7. The van der Waals surface area contributed by atoms with Crippen molar-refractivity contribution >= 4 is 26.7 Å². The molecule has 11 heteroatoms. The highest BCUT2D eigenvalue weighted by Gasteiger charge is 2.15. The van der Waals surface area contributed by atoms with E-state index >= 15 is 0 Å². The van der Waals surface area contributed by atoms with Crippen molar-refractivity contribution in [3.05, 3.63) is 78.8 Å². The second-order valence-corrected chi connectivity index (χ2v) is 9.58. The van der Waals surface area contributed by atoms with E-state index in [4.69, 9.17) is 0 Å². The van der Waals surface area contributed by atoms with Crippen molar-refractivity contribution in [2.75, 3.05) is 10.5 Å². The maximum Gasteiger partial charge on any atom is 0.232 e. The number of nitrogens with zero attached hydrogens (tertiary/aromatic N) is 4. The molecule has 0 aliphatic heterocycles. The first-order valence-corrected chi connectivity index (χ1v) is 11.9. The number of hydrogen-bond acceptors (Lipinski definition) is 5. The third kappa shape index (κ3) is 4.13. The van der Waals surface area contributed by atoms with E-state index in [9.17, 15) is 17.2 Å². The zero-order valence-corrected chi connectivity index (χ0v) is 18.6. The number of nitrogens with one attached hydrogen (secondary N) is 2. The van der Waals surface area contributed by atoms with E-state index in [2.05, 4.69) is 25.1 Å². The van der Waals surface area contributed by atoms with E-state index in [0.29, 0.717) is 22.5 Å². The van der Waals surface area contributed by atoms with Gasteiger partial charge >= 0.3 is 0 Å². The number of fused-ring (bicyclic) bond motifs is 1. The van der Waals surface area contributed by atoms with Gasteiger partial charge in [0.1, 0.15) is 23.7 Å².